The number of nitrogens with zero attached hydrogens (tertiary/aromatic N) is 1. The summed E-state index contributed by atoms with van der Waals surface area (Å²) in [6.45, 7) is 1.27. The van der Waals surface area contributed by atoms with Crippen LogP contribution in [0.3, 0.4) is 0 Å². The van der Waals surface area contributed by atoms with Gasteiger partial charge in [0.1, 0.15) is 11.3 Å². The minimum atomic E-state index is -4.06. The van der Waals surface area contributed by atoms with Gasteiger partial charge in [0, 0.05) is 24.3 Å². The van der Waals surface area contributed by atoms with Gasteiger partial charge in [-0.15, -0.1) is 0 Å². The molecule has 0 radical (unpaired) electrons. The van der Waals surface area contributed by atoms with Gasteiger partial charge in [-0.25, -0.2) is 12.7 Å². The highest BCUT2D eigenvalue weighted by Gasteiger charge is 2.30. The molecule has 0 N–H and O–H groups in total. The zero-order chi connectivity index (χ0) is 20.9. The van der Waals surface area contributed by atoms with Crippen LogP contribution in [0.25, 0.3) is 21.7 Å². The van der Waals surface area contributed by atoms with Gasteiger partial charge in [0.25, 0.3) is 10.0 Å². The summed E-state index contributed by atoms with van der Waals surface area (Å²) < 4.78 is 33.8. The van der Waals surface area contributed by atoms with Crippen molar-refractivity contribution in [1.82, 2.24) is 0 Å². The van der Waals surface area contributed by atoms with E-state index in [1.165, 1.54) is 6.92 Å². The Kier molecular flexibility index (Phi) is 4.40. The van der Waals surface area contributed by atoms with Crippen LogP contribution in [0, 0.1) is 0 Å². The fraction of sp³-hybridized carbons (Fsp3) is 0.208. The van der Waals surface area contributed by atoms with Gasteiger partial charge < -0.3 is 4.42 Å². The average Bonchev–Trinajstić information content (AvgIpc) is 3.11. The molecule has 5 nitrogen and oxygen atoms in total. The highest BCUT2D eigenvalue weighted by atomic mass is 32.2. The minimum Gasteiger partial charge on any atom is -0.461 e. The van der Waals surface area contributed by atoms with Gasteiger partial charge in [-0.05, 0) is 60.4 Å². The van der Waals surface area contributed by atoms with E-state index in [1.807, 2.05) is 24.3 Å². The van der Waals surface area contributed by atoms with Gasteiger partial charge in [0.2, 0.25) is 5.91 Å². The van der Waals surface area contributed by atoms with Crippen LogP contribution in [0.15, 0.2) is 70.0 Å². The molecule has 30 heavy (non-hydrogen) atoms. The molecule has 0 fully saturated rings. The summed E-state index contributed by atoms with van der Waals surface area (Å²) in [6, 6.07) is 17.6. The van der Waals surface area contributed by atoms with Crippen LogP contribution in [0.4, 0.5) is 5.69 Å². The van der Waals surface area contributed by atoms with E-state index in [1.54, 1.807) is 36.4 Å². The summed E-state index contributed by atoms with van der Waals surface area (Å²) in [5, 5.41) is 2.64. The molecule has 0 unspecified atom stereocenters. The number of rotatable bonds is 3. The van der Waals surface area contributed by atoms with Gasteiger partial charge in [0.05, 0.1) is 10.6 Å². The lowest BCUT2D eigenvalue weighted by Crippen LogP contribution is -2.35. The van der Waals surface area contributed by atoms with Crippen molar-refractivity contribution in [2.75, 3.05) is 4.31 Å². The maximum atomic E-state index is 13.5. The first kappa shape index (κ1) is 18.9. The Bertz CT molecular complexity index is 1400. The lowest BCUT2D eigenvalue weighted by atomic mass is 9.96. The normalized spacial score (nSPS) is 14.0. The van der Waals surface area contributed by atoms with Crippen LogP contribution in [-0.4, -0.2) is 14.3 Å². The van der Waals surface area contributed by atoms with Crippen LogP contribution in [-0.2, 0) is 27.7 Å². The topological polar surface area (TPSA) is 67.6 Å². The molecule has 1 aliphatic carbocycles. The molecular formula is C24H21NO4S. The quantitative estimate of drug-likeness (QED) is 0.457. The lowest BCUT2D eigenvalue weighted by molar-refractivity contribution is -0.115. The van der Waals surface area contributed by atoms with Crippen LogP contribution < -0.4 is 4.31 Å². The van der Waals surface area contributed by atoms with E-state index in [9.17, 15) is 13.2 Å². The molecule has 0 spiro atoms. The zero-order valence-electron chi connectivity index (χ0n) is 16.6. The van der Waals surface area contributed by atoms with Crippen LogP contribution in [0.2, 0.25) is 0 Å². The third-order valence-electron chi connectivity index (χ3n) is 5.72. The van der Waals surface area contributed by atoms with Crippen LogP contribution >= 0.6 is 0 Å². The molecule has 152 valence electrons. The van der Waals surface area contributed by atoms with E-state index in [4.69, 9.17) is 4.42 Å². The van der Waals surface area contributed by atoms with E-state index in [0.717, 1.165) is 63.1 Å². The van der Waals surface area contributed by atoms with E-state index in [2.05, 4.69) is 0 Å². The Morgan fingerprint density at radius 3 is 2.50 bits per heavy atom. The number of hydrogen-bond donors (Lipinski definition) is 0. The summed E-state index contributed by atoms with van der Waals surface area (Å²) in [5.74, 6) is 0.417. The van der Waals surface area contributed by atoms with Crippen molar-refractivity contribution in [3.63, 3.8) is 0 Å². The molecular weight excluding hydrogens is 398 g/mol. The number of aryl methyl sites for hydroxylation is 2. The number of sulfonamides is 1. The number of amides is 1. The molecule has 0 saturated carbocycles. The van der Waals surface area contributed by atoms with E-state index >= 15 is 0 Å². The predicted octanol–water partition coefficient (Wildman–Crippen LogP) is 5.21. The Labute approximate surface area is 175 Å². The molecule has 1 amide bonds. The van der Waals surface area contributed by atoms with Crippen LogP contribution in [0.1, 0.15) is 31.1 Å². The molecule has 6 heteroatoms. The second-order valence-electron chi connectivity index (χ2n) is 7.69. The molecule has 0 aliphatic heterocycles. The van der Waals surface area contributed by atoms with Crippen LogP contribution in [0.5, 0.6) is 0 Å². The fourth-order valence-corrected chi connectivity index (χ4v) is 5.76. The van der Waals surface area contributed by atoms with E-state index in [-0.39, 0.29) is 4.90 Å². The molecule has 0 bridgehead atoms. The summed E-state index contributed by atoms with van der Waals surface area (Å²) in [4.78, 5) is 12.6. The number of fused-ring (bicyclic) bond motifs is 4. The second kappa shape index (κ2) is 6.99. The predicted molar refractivity (Wildman–Crippen MR) is 117 cm³/mol. The first-order chi connectivity index (χ1) is 14.4. The molecule has 1 heterocycles. The fourth-order valence-electron chi connectivity index (χ4n) is 4.30. The van der Waals surface area contributed by atoms with Crippen molar-refractivity contribution in [1.29, 1.82) is 0 Å². The third-order valence-corrected chi connectivity index (χ3v) is 7.52. The molecule has 0 saturated heterocycles. The van der Waals surface area contributed by atoms with Crippen molar-refractivity contribution >= 4 is 43.4 Å². The monoisotopic (exact) mass is 419 g/mol. The van der Waals surface area contributed by atoms with Gasteiger partial charge in [-0.3, -0.25) is 4.79 Å². The maximum Gasteiger partial charge on any atom is 0.270 e. The second-order valence-corrected chi connectivity index (χ2v) is 9.48. The first-order valence-corrected chi connectivity index (χ1v) is 11.5. The highest BCUT2D eigenvalue weighted by Crippen LogP contribution is 2.35. The van der Waals surface area contributed by atoms with Crippen molar-refractivity contribution in [2.24, 2.45) is 0 Å². The van der Waals surface area contributed by atoms with Gasteiger partial charge in [-0.2, -0.15) is 0 Å². The Morgan fingerprint density at radius 2 is 1.70 bits per heavy atom. The first-order valence-electron chi connectivity index (χ1n) is 10.0. The molecule has 0 atom stereocenters. The number of benzene rings is 3. The number of furan rings is 1. The minimum absolute atomic E-state index is 0.0886. The van der Waals surface area contributed by atoms with E-state index < -0.39 is 15.9 Å². The van der Waals surface area contributed by atoms with Gasteiger partial charge >= 0.3 is 0 Å². The third kappa shape index (κ3) is 2.99. The van der Waals surface area contributed by atoms with Gasteiger partial charge in [0.15, 0.2) is 0 Å². The van der Waals surface area contributed by atoms with Gasteiger partial charge in [-0.1, -0.05) is 30.3 Å². The number of carbonyl (C=O) groups is 1. The number of hydrogen-bond acceptors (Lipinski definition) is 4. The Hall–Kier alpha value is -3.12. The Morgan fingerprint density at radius 1 is 0.933 bits per heavy atom. The smallest absolute Gasteiger partial charge is 0.270 e. The molecule has 5 rings (SSSR count). The summed E-state index contributed by atoms with van der Waals surface area (Å²) >= 11 is 0. The van der Waals surface area contributed by atoms with E-state index in [0.29, 0.717) is 5.69 Å². The molecule has 3 aromatic carbocycles. The number of carbonyl (C=O) groups excluding carboxylic acids is 1. The maximum absolute atomic E-state index is 13.5. The summed E-state index contributed by atoms with van der Waals surface area (Å²) in [6.07, 6.45) is 3.97. The van der Waals surface area contributed by atoms with Crippen molar-refractivity contribution in [3.8, 4) is 0 Å². The largest absolute Gasteiger partial charge is 0.461 e. The zero-order valence-corrected chi connectivity index (χ0v) is 17.4. The SMILES string of the molecule is CC(=O)N(c1ccc2oc3c(c2c1)CCCC3)S(=O)(=O)c1ccc2ccccc2c1. The molecule has 1 aliphatic rings. The molecule has 1 aromatic heterocycles. The summed E-state index contributed by atoms with van der Waals surface area (Å²) in [7, 11) is -4.06. The number of anilines is 1. The van der Waals surface area contributed by atoms with Crippen molar-refractivity contribution in [2.45, 2.75) is 37.5 Å². The highest BCUT2D eigenvalue weighted by molar-refractivity contribution is 7.93. The summed E-state index contributed by atoms with van der Waals surface area (Å²) in [5.41, 5.74) is 2.19. The standard InChI is InChI=1S/C24H21NO4S/c1-16(26)25(30(27,28)20-12-10-17-6-2-3-7-18(17)14-20)19-11-13-24-22(15-19)21-8-4-5-9-23(21)29-24/h2-3,6-7,10-15H,4-5,8-9H2,1H3. The Balaban J connectivity index is 1.65. The van der Waals surface area contributed by atoms with Crippen molar-refractivity contribution in [3.05, 3.63) is 72.0 Å². The lowest BCUT2D eigenvalue weighted by Gasteiger charge is -2.21. The van der Waals surface area contributed by atoms with Crippen molar-refractivity contribution < 1.29 is 17.6 Å². The average molecular weight is 420 g/mol. The molecule has 4 aromatic rings.